The lowest BCUT2D eigenvalue weighted by atomic mass is 10.1. The summed E-state index contributed by atoms with van der Waals surface area (Å²) in [6.07, 6.45) is 7.49. The molecule has 0 aliphatic carbocycles. The lowest BCUT2D eigenvalue weighted by Gasteiger charge is -2.15. The van der Waals surface area contributed by atoms with Crippen LogP contribution in [-0.2, 0) is 6.54 Å². The summed E-state index contributed by atoms with van der Waals surface area (Å²) in [6.45, 7) is 6.53. The fraction of sp³-hybridized carbons (Fsp3) is 0.692. The standard InChI is InChI=1S/C13H24N2O/c1-3-6-13(14-4-2)12-7-9-15(11-12)8-5-10-16/h7,9,11,13-14,16H,3-6,8,10H2,1-2H3. The number of nitrogens with zero attached hydrogens (tertiary/aromatic N) is 1. The lowest BCUT2D eigenvalue weighted by molar-refractivity contribution is 0.280. The van der Waals surface area contributed by atoms with Crippen LogP contribution in [0.1, 0.15) is 44.7 Å². The maximum atomic E-state index is 8.79. The van der Waals surface area contributed by atoms with Gasteiger partial charge in [-0.3, -0.25) is 0 Å². The van der Waals surface area contributed by atoms with Crippen LogP contribution in [0, 0.1) is 0 Å². The van der Waals surface area contributed by atoms with E-state index in [1.165, 1.54) is 18.4 Å². The molecule has 1 rings (SSSR count). The summed E-state index contributed by atoms with van der Waals surface area (Å²) in [5.41, 5.74) is 1.36. The van der Waals surface area contributed by atoms with Crippen LogP contribution in [0.3, 0.4) is 0 Å². The largest absolute Gasteiger partial charge is 0.396 e. The molecule has 0 radical (unpaired) electrons. The fourth-order valence-corrected chi connectivity index (χ4v) is 1.98. The SMILES string of the molecule is CCCC(NCC)c1ccn(CCCO)c1. The Bertz CT molecular complexity index is 277. The number of aliphatic hydroxyl groups is 1. The predicted octanol–water partition coefficient (Wildman–Crippen LogP) is 2.32. The molecule has 3 heteroatoms. The van der Waals surface area contributed by atoms with E-state index in [1.807, 2.05) is 0 Å². The highest BCUT2D eigenvalue weighted by atomic mass is 16.3. The van der Waals surface area contributed by atoms with Crippen molar-refractivity contribution in [2.24, 2.45) is 0 Å². The van der Waals surface area contributed by atoms with Gasteiger partial charge in [-0.05, 0) is 31.0 Å². The maximum Gasteiger partial charge on any atom is 0.0448 e. The number of rotatable bonds is 8. The van der Waals surface area contributed by atoms with Crippen LogP contribution in [-0.4, -0.2) is 22.8 Å². The Hall–Kier alpha value is -0.800. The number of aromatic nitrogens is 1. The molecular formula is C13H24N2O. The Morgan fingerprint density at radius 2 is 2.25 bits per heavy atom. The molecule has 2 N–H and O–H groups in total. The van der Waals surface area contributed by atoms with Crippen molar-refractivity contribution in [3.05, 3.63) is 24.0 Å². The van der Waals surface area contributed by atoms with Crippen molar-refractivity contribution in [1.82, 2.24) is 9.88 Å². The summed E-state index contributed by atoms with van der Waals surface area (Å²) in [5.74, 6) is 0. The quantitative estimate of drug-likeness (QED) is 0.711. The van der Waals surface area contributed by atoms with Gasteiger partial charge in [-0.1, -0.05) is 20.3 Å². The van der Waals surface area contributed by atoms with Gasteiger partial charge in [0, 0.05) is 31.6 Å². The van der Waals surface area contributed by atoms with E-state index in [9.17, 15) is 0 Å². The number of hydrogen-bond donors (Lipinski definition) is 2. The van der Waals surface area contributed by atoms with Crippen LogP contribution in [0.4, 0.5) is 0 Å². The van der Waals surface area contributed by atoms with Crippen molar-refractivity contribution < 1.29 is 5.11 Å². The van der Waals surface area contributed by atoms with Crippen LogP contribution < -0.4 is 5.32 Å². The number of aliphatic hydroxyl groups excluding tert-OH is 1. The van der Waals surface area contributed by atoms with E-state index in [2.05, 4.69) is 42.2 Å². The molecule has 0 aromatic carbocycles. The van der Waals surface area contributed by atoms with Gasteiger partial charge in [0.25, 0.3) is 0 Å². The van der Waals surface area contributed by atoms with Crippen LogP contribution in [0.25, 0.3) is 0 Å². The maximum absolute atomic E-state index is 8.79. The first-order valence-corrected chi connectivity index (χ1v) is 6.31. The second kappa shape index (κ2) is 7.47. The molecule has 0 fully saturated rings. The molecule has 92 valence electrons. The lowest BCUT2D eigenvalue weighted by Crippen LogP contribution is -2.20. The molecule has 0 bridgehead atoms. The van der Waals surface area contributed by atoms with Gasteiger partial charge in [0.15, 0.2) is 0 Å². The van der Waals surface area contributed by atoms with Crippen molar-refractivity contribution in [2.75, 3.05) is 13.2 Å². The predicted molar refractivity (Wildman–Crippen MR) is 67.5 cm³/mol. The highest BCUT2D eigenvalue weighted by Crippen LogP contribution is 2.18. The smallest absolute Gasteiger partial charge is 0.0448 e. The highest BCUT2D eigenvalue weighted by Gasteiger charge is 2.09. The van der Waals surface area contributed by atoms with E-state index >= 15 is 0 Å². The molecule has 16 heavy (non-hydrogen) atoms. The summed E-state index contributed by atoms with van der Waals surface area (Å²) in [7, 11) is 0. The van der Waals surface area contributed by atoms with Crippen LogP contribution in [0.5, 0.6) is 0 Å². The van der Waals surface area contributed by atoms with Crippen molar-refractivity contribution in [2.45, 2.75) is 45.7 Å². The molecule has 1 aromatic heterocycles. The van der Waals surface area contributed by atoms with Crippen molar-refractivity contribution >= 4 is 0 Å². The zero-order valence-electron chi connectivity index (χ0n) is 10.4. The molecule has 0 amide bonds. The molecule has 0 spiro atoms. The summed E-state index contributed by atoms with van der Waals surface area (Å²) < 4.78 is 2.16. The van der Waals surface area contributed by atoms with Gasteiger partial charge in [-0.2, -0.15) is 0 Å². The van der Waals surface area contributed by atoms with Gasteiger partial charge in [0.1, 0.15) is 0 Å². The Morgan fingerprint density at radius 3 is 2.88 bits per heavy atom. The van der Waals surface area contributed by atoms with Crippen molar-refractivity contribution in [1.29, 1.82) is 0 Å². The van der Waals surface area contributed by atoms with E-state index in [4.69, 9.17) is 5.11 Å². The average molecular weight is 224 g/mol. The molecular weight excluding hydrogens is 200 g/mol. The topological polar surface area (TPSA) is 37.2 Å². The van der Waals surface area contributed by atoms with Gasteiger partial charge in [-0.25, -0.2) is 0 Å². The second-order valence-electron chi connectivity index (χ2n) is 4.16. The highest BCUT2D eigenvalue weighted by molar-refractivity contribution is 5.15. The van der Waals surface area contributed by atoms with Gasteiger partial charge < -0.3 is 15.0 Å². The van der Waals surface area contributed by atoms with Crippen LogP contribution in [0.15, 0.2) is 18.5 Å². The fourth-order valence-electron chi connectivity index (χ4n) is 1.98. The van der Waals surface area contributed by atoms with Crippen molar-refractivity contribution in [3.8, 4) is 0 Å². The molecule has 1 heterocycles. The first-order chi connectivity index (χ1) is 7.81. The van der Waals surface area contributed by atoms with E-state index in [-0.39, 0.29) is 6.61 Å². The zero-order valence-corrected chi connectivity index (χ0v) is 10.4. The summed E-state index contributed by atoms with van der Waals surface area (Å²) in [4.78, 5) is 0. The number of nitrogens with one attached hydrogen (secondary N) is 1. The Kier molecular flexibility index (Phi) is 6.19. The van der Waals surface area contributed by atoms with E-state index in [1.54, 1.807) is 0 Å². The Morgan fingerprint density at radius 1 is 1.44 bits per heavy atom. The monoisotopic (exact) mass is 224 g/mol. The molecule has 1 aromatic rings. The number of hydrogen-bond acceptors (Lipinski definition) is 2. The first kappa shape index (κ1) is 13.3. The second-order valence-corrected chi connectivity index (χ2v) is 4.16. The third-order valence-electron chi connectivity index (χ3n) is 2.78. The number of aryl methyl sites for hydroxylation is 1. The molecule has 0 aliphatic rings. The minimum atomic E-state index is 0.263. The van der Waals surface area contributed by atoms with Crippen molar-refractivity contribution in [3.63, 3.8) is 0 Å². The van der Waals surface area contributed by atoms with Gasteiger partial charge in [0.05, 0.1) is 0 Å². The third kappa shape index (κ3) is 3.99. The summed E-state index contributed by atoms with van der Waals surface area (Å²) >= 11 is 0. The molecule has 1 atom stereocenters. The van der Waals surface area contributed by atoms with E-state index in [0.717, 1.165) is 19.5 Å². The van der Waals surface area contributed by atoms with Gasteiger partial charge in [-0.15, -0.1) is 0 Å². The molecule has 0 aliphatic heterocycles. The summed E-state index contributed by atoms with van der Waals surface area (Å²) in [5, 5.41) is 12.3. The Balaban J connectivity index is 2.58. The van der Waals surface area contributed by atoms with E-state index < -0.39 is 0 Å². The van der Waals surface area contributed by atoms with Crippen LogP contribution in [0.2, 0.25) is 0 Å². The average Bonchev–Trinajstić information content (AvgIpc) is 2.74. The molecule has 0 saturated heterocycles. The third-order valence-corrected chi connectivity index (χ3v) is 2.78. The Labute approximate surface area is 98.5 Å². The molecule has 0 saturated carbocycles. The van der Waals surface area contributed by atoms with E-state index in [0.29, 0.717) is 6.04 Å². The normalized spacial score (nSPS) is 12.9. The minimum Gasteiger partial charge on any atom is -0.396 e. The summed E-state index contributed by atoms with van der Waals surface area (Å²) in [6, 6.07) is 2.66. The van der Waals surface area contributed by atoms with Crippen LogP contribution >= 0.6 is 0 Å². The minimum absolute atomic E-state index is 0.263. The van der Waals surface area contributed by atoms with Gasteiger partial charge in [0.2, 0.25) is 0 Å². The molecule has 1 unspecified atom stereocenters. The molecule has 3 nitrogen and oxygen atoms in total. The first-order valence-electron chi connectivity index (χ1n) is 6.31. The van der Waals surface area contributed by atoms with Gasteiger partial charge >= 0.3 is 0 Å². The zero-order chi connectivity index (χ0) is 11.8.